The zero-order valence-corrected chi connectivity index (χ0v) is 22.3. The first-order valence-corrected chi connectivity index (χ1v) is 13.6. The predicted octanol–water partition coefficient (Wildman–Crippen LogP) is 3.98. The van der Waals surface area contributed by atoms with Crippen LogP contribution in [-0.4, -0.2) is 59.4 Å². The normalized spacial score (nSPS) is 22.0. The van der Waals surface area contributed by atoms with Gasteiger partial charge in [0.25, 0.3) is 0 Å². The van der Waals surface area contributed by atoms with Gasteiger partial charge in [-0.05, 0) is 48.0 Å². The summed E-state index contributed by atoms with van der Waals surface area (Å²) < 4.78 is 35.0. The van der Waals surface area contributed by atoms with Gasteiger partial charge in [0.15, 0.2) is 0 Å². The van der Waals surface area contributed by atoms with E-state index in [2.05, 4.69) is 5.32 Å². The lowest BCUT2D eigenvalue weighted by Gasteiger charge is -2.38. The van der Waals surface area contributed by atoms with Crippen LogP contribution in [0.3, 0.4) is 0 Å². The fraction of sp³-hybridized carbons (Fsp3) is 0.857. The van der Waals surface area contributed by atoms with Crippen molar-refractivity contribution in [3.05, 3.63) is 0 Å². The molecule has 0 aromatic heterocycles. The lowest BCUT2D eigenvalue weighted by molar-refractivity contribution is -0.162. The Morgan fingerprint density at radius 2 is 1.48 bits per heavy atom. The predicted molar refractivity (Wildman–Crippen MR) is 125 cm³/mol. The second kappa shape index (κ2) is 12.5. The number of hydrogen-bond acceptors (Lipinski definition) is 10. The maximum absolute atomic E-state index is 13.9. The molecule has 0 spiro atoms. The summed E-state index contributed by atoms with van der Waals surface area (Å²) in [5, 5.41) is 12.1. The van der Waals surface area contributed by atoms with Crippen LogP contribution < -0.4 is 5.32 Å². The molecule has 33 heavy (non-hydrogen) atoms. The van der Waals surface area contributed by atoms with E-state index >= 15 is 0 Å². The van der Waals surface area contributed by atoms with E-state index in [0.717, 1.165) is 12.8 Å². The maximum atomic E-state index is 13.9. The second-order valence-corrected chi connectivity index (χ2v) is 13.3. The van der Waals surface area contributed by atoms with Crippen LogP contribution in [0.2, 0.25) is 0 Å². The summed E-state index contributed by atoms with van der Waals surface area (Å²) >= 11 is 1.37. The van der Waals surface area contributed by atoms with E-state index in [0.29, 0.717) is 6.42 Å². The minimum atomic E-state index is -4.13. The van der Waals surface area contributed by atoms with Crippen LogP contribution in [0.1, 0.15) is 67.7 Å². The summed E-state index contributed by atoms with van der Waals surface area (Å²) in [4.78, 5) is 35.8. The fourth-order valence-corrected chi connectivity index (χ4v) is 6.39. The van der Waals surface area contributed by atoms with E-state index in [1.807, 2.05) is 6.92 Å². The third-order valence-electron chi connectivity index (χ3n) is 4.75. The van der Waals surface area contributed by atoms with Crippen LogP contribution in [-0.2, 0) is 37.5 Å². The molecule has 1 heterocycles. The van der Waals surface area contributed by atoms with E-state index < -0.39 is 61.7 Å². The molecular weight excluding hydrogens is 473 g/mol. The van der Waals surface area contributed by atoms with Gasteiger partial charge in [-0.15, -0.1) is 0 Å². The molecule has 2 N–H and O–H groups in total. The highest BCUT2D eigenvalue weighted by atomic mass is 32.2. The topological polar surface area (TPSA) is 137 Å². The molecular formula is C21H38NO9PS. The highest BCUT2D eigenvalue weighted by Gasteiger charge is 2.47. The molecule has 0 aliphatic carbocycles. The van der Waals surface area contributed by atoms with Crippen LogP contribution in [0, 0.1) is 10.8 Å². The van der Waals surface area contributed by atoms with Crippen LogP contribution >= 0.6 is 19.4 Å². The van der Waals surface area contributed by atoms with Crippen molar-refractivity contribution in [1.82, 2.24) is 5.32 Å². The van der Waals surface area contributed by atoms with Crippen molar-refractivity contribution in [3.63, 3.8) is 0 Å². The van der Waals surface area contributed by atoms with Crippen molar-refractivity contribution in [1.29, 1.82) is 0 Å². The Labute approximate surface area is 200 Å². The summed E-state index contributed by atoms with van der Waals surface area (Å²) in [5.41, 5.74) is -1.60. The van der Waals surface area contributed by atoms with Crippen molar-refractivity contribution in [2.75, 3.05) is 19.3 Å². The first-order valence-electron chi connectivity index (χ1n) is 11.0. The molecule has 0 radical (unpaired) electrons. The zero-order chi connectivity index (χ0) is 25.4. The van der Waals surface area contributed by atoms with Gasteiger partial charge in [0.05, 0.1) is 10.8 Å². The maximum Gasteiger partial charge on any atom is 0.354 e. The van der Waals surface area contributed by atoms with Crippen LogP contribution in [0.4, 0.5) is 0 Å². The Balaban J connectivity index is 3.08. The number of esters is 2. The van der Waals surface area contributed by atoms with Gasteiger partial charge in [0, 0.05) is 11.0 Å². The Hall–Kier alpha value is -1.13. The monoisotopic (exact) mass is 511 g/mol. The van der Waals surface area contributed by atoms with Crippen LogP contribution in [0.25, 0.3) is 0 Å². The summed E-state index contributed by atoms with van der Waals surface area (Å²) in [6, 6.07) is -0.965. The number of thioether (sulfide) groups is 1. The number of carbonyl (C=O) groups excluding carboxylic acids is 2. The summed E-state index contributed by atoms with van der Waals surface area (Å²) in [5.74, 6) is -2.93. The van der Waals surface area contributed by atoms with Gasteiger partial charge in [0.2, 0.25) is 13.6 Å². The Bertz CT molecular complexity index is 696. The molecule has 192 valence electrons. The number of carboxylic acid groups (broad SMARTS) is 1. The number of carbonyl (C=O) groups is 3. The second-order valence-electron chi connectivity index (χ2n) is 9.91. The lowest BCUT2D eigenvalue weighted by Crippen LogP contribution is -2.53. The smallest absolute Gasteiger partial charge is 0.354 e. The van der Waals surface area contributed by atoms with Gasteiger partial charge >= 0.3 is 25.5 Å². The van der Waals surface area contributed by atoms with Crippen LogP contribution in [0.5, 0.6) is 0 Å². The molecule has 1 aliphatic rings. The minimum Gasteiger partial charge on any atom is -0.480 e. The number of carboxylic acids is 1. The third-order valence-corrected chi connectivity index (χ3v) is 8.54. The van der Waals surface area contributed by atoms with E-state index in [1.165, 1.54) is 11.8 Å². The highest BCUT2D eigenvalue weighted by molar-refractivity contribution is 8.00. The first kappa shape index (κ1) is 29.9. The first-order chi connectivity index (χ1) is 15.1. The molecule has 1 saturated heterocycles. The molecule has 10 nitrogen and oxygen atoms in total. The standard InChI is InChI=1S/C21H38NO9PS/c1-8-9-10-15-16(22-14(11-33-15)17(23)24)32(27,30-12-28-18(25)20(2,3)4)31-13-29-19(26)21(5,6)7/h14-16,22H,8-13H2,1-7H3,(H,23,24)/t14-,15+,16-/m0/s1. The number of hydrogen-bond donors (Lipinski definition) is 2. The summed E-state index contributed by atoms with van der Waals surface area (Å²) in [6.07, 6.45) is 2.36. The highest BCUT2D eigenvalue weighted by Crippen LogP contribution is 2.57. The molecule has 0 aromatic rings. The molecule has 0 saturated carbocycles. The summed E-state index contributed by atoms with van der Waals surface area (Å²) in [7, 11) is -4.13. The molecule has 1 rings (SSSR count). The lowest BCUT2D eigenvalue weighted by atomic mass is 9.98. The Morgan fingerprint density at radius 3 is 1.88 bits per heavy atom. The number of rotatable bonds is 11. The molecule has 1 aliphatic heterocycles. The van der Waals surface area contributed by atoms with E-state index in [-0.39, 0.29) is 11.0 Å². The van der Waals surface area contributed by atoms with Crippen molar-refractivity contribution in [3.8, 4) is 0 Å². The molecule has 1 fully saturated rings. The number of nitrogens with one attached hydrogen (secondary N) is 1. The summed E-state index contributed by atoms with van der Waals surface area (Å²) in [6.45, 7) is 10.7. The quantitative estimate of drug-likeness (QED) is 0.237. The molecule has 0 bridgehead atoms. The van der Waals surface area contributed by atoms with Gasteiger partial charge in [0.1, 0.15) is 11.8 Å². The molecule has 0 amide bonds. The fourth-order valence-electron chi connectivity index (χ4n) is 2.69. The molecule has 0 aromatic carbocycles. The molecule has 0 unspecified atom stereocenters. The SMILES string of the molecule is CCCC[C@H]1SC[C@@H](C(=O)O)N[C@H]1P(=O)(OCOC(=O)C(C)(C)C)OCOC(=O)C(C)(C)C. The molecule has 3 atom stereocenters. The van der Waals surface area contributed by atoms with Crippen molar-refractivity contribution < 1.29 is 42.6 Å². The number of unbranched alkanes of at least 4 members (excludes halogenated alkanes) is 1. The third kappa shape index (κ3) is 9.56. The molecule has 12 heteroatoms. The number of aliphatic carboxylic acids is 1. The van der Waals surface area contributed by atoms with Crippen molar-refractivity contribution >= 4 is 37.3 Å². The van der Waals surface area contributed by atoms with Gasteiger partial charge in [-0.1, -0.05) is 19.8 Å². The largest absolute Gasteiger partial charge is 0.480 e. The van der Waals surface area contributed by atoms with Gasteiger partial charge in [-0.25, -0.2) is 0 Å². The Kier molecular flexibility index (Phi) is 11.4. The number of ether oxygens (including phenoxy) is 2. The zero-order valence-electron chi connectivity index (χ0n) is 20.5. The van der Waals surface area contributed by atoms with E-state index in [1.54, 1.807) is 41.5 Å². The van der Waals surface area contributed by atoms with Crippen molar-refractivity contribution in [2.24, 2.45) is 10.8 Å². The van der Waals surface area contributed by atoms with E-state index in [4.69, 9.17) is 18.5 Å². The average molecular weight is 512 g/mol. The van der Waals surface area contributed by atoms with Crippen molar-refractivity contribution in [2.45, 2.75) is 84.8 Å². The van der Waals surface area contributed by atoms with Gasteiger partial charge in [-0.2, -0.15) is 11.8 Å². The minimum absolute atomic E-state index is 0.275. The van der Waals surface area contributed by atoms with Crippen LogP contribution in [0.15, 0.2) is 0 Å². The average Bonchev–Trinajstić information content (AvgIpc) is 2.70. The Morgan fingerprint density at radius 1 is 1.00 bits per heavy atom. The van der Waals surface area contributed by atoms with E-state index in [9.17, 15) is 24.1 Å². The van der Waals surface area contributed by atoms with Gasteiger partial charge in [-0.3, -0.25) is 33.3 Å². The van der Waals surface area contributed by atoms with Gasteiger partial charge < -0.3 is 14.6 Å².